The maximum Gasteiger partial charge on any atom is 1.00 e. The number of nitrogens with two attached hydrogens (primary N) is 1. The third-order valence-electron chi connectivity index (χ3n) is 2.87. The number of halogens is 1. The summed E-state index contributed by atoms with van der Waals surface area (Å²) in [7, 11) is 0. The lowest BCUT2D eigenvalue weighted by Crippen LogP contribution is -3.00. The predicted octanol–water partition coefficient (Wildman–Crippen LogP) is -1.28. The van der Waals surface area contributed by atoms with Crippen LogP contribution in [0.5, 0.6) is 5.88 Å². The van der Waals surface area contributed by atoms with Crippen molar-refractivity contribution >= 4 is 0 Å². The maximum absolute atomic E-state index is 8.63. The molecule has 0 bridgehead atoms. The van der Waals surface area contributed by atoms with Gasteiger partial charge in [0.15, 0.2) is 0 Å². The minimum absolute atomic E-state index is 0. The molecule has 2 N–H and O–H groups in total. The van der Waals surface area contributed by atoms with Crippen molar-refractivity contribution in [3.05, 3.63) is 23.9 Å². The van der Waals surface area contributed by atoms with Gasteiger partial charge in [0.25, 0.3) is 0 Å². The van der Waals surface area contributed by atoms with Gasteiger partial charge in [0.2, 0.25) is 5.88 Å². The van der Waals surface area contributed by atoms with Gasteiger partial charge in [-0.2, -0.15) is 5.26 Å². The monoisotopic (exact) mass is 253 g/mol. The van der Waals surface area contributed by atoms with Gasteiger partial charge < -0.3 is 22.9 Å². The van der Waals surface area contributed by atoms with Crippen LogP contribution in [0.3, 0.4) is 0 Å². The van der Waals surface area contributed by atoms with Crippen LogP contribution in [-0.4, -0.2) is 17.1 Å². The Morgan fingerprint density at radius 3 is 2.59 bits per heavy atom. The topological polar surface area (TPSA) is 71.9 Å². The second kappa shape index (κ2) is 6.43. The molecule has 1 saturated carbocycles. The third-order valence-corrected chi connectivity index (χ3v) is 2.87. The third kappa shape index (κ3) is 3.88. The Bertz CT molecular complexity index is 385. The predicted molar refractivity (Wildman–Crippen MR) is 60.9 cm³/mol. The van der Waals surface area contributed by atoms with Crippen LogP contribution < -0.4 is 22.9 Å². The quantitative estimate of drug-likeness (QED) is 0.713. The van der Waals surface area contributed by atoms with Crippen LogP contribution in [0.15, 0.2) is 18.3 Å². The standard InChI is InChI=1S/C12H15N3O.ClH/c13-7-9-1-6-12(15-8-9)16-11-4-2-10(14)3-5-11;/h1,6,8,10-11H,2-5,14H2;1H. The molecule has 0 radical (unpaired) electrons. The summed E-state index contributed by atoms with van der Waals surface area (Å²) in [6.45, 7) is 0. The fourth-order valence-corrected chi connectivity index (χ4v) is 1.89. The molecule has 4 nitrogen and oxygen atoms in total. The summed E-state index contributed by atoms with van der Waals surface area (Å²) in [6.07, 6.45) is 5.76. The van der Waals surface area contributed by atoms with Gasteiger partial charge in [-0.3, -0.25) is 0 Å². The molecule has 1 aliphatic rings. The second-order valence-electron chi connectivity index (χ2n) is 4.15. The van der Waals surface area contributed by atoms with Gasteiger partial charge in [-0.15, -0.1) is 0 Å². The van der Waals surface area contributed by atoms with E-state index in [1.54, 1.807) is 12.1 Å². The number of rotatable bonds is 2. The van der Waals surface area contributed by atoms with Crippen molar-refractivity contribution in [2.45, 2.75) is 37.8 Å². The normalized spacial score (nSPS) is 23.3. The molecular formula is C12H16ClN3O. The molecule has 92 valence electrons. The van der Waals surface area contributed by atoms with Gasteiger partial charge in [0, 0.05) is 18.3 Å². The van der Waals surface area contributed by atoms with Gasteiger partial charge in [-0.25, -0.2) is 4.98 Å². The molecule has 0 aromatic carbocycles. The van der Waals surface area contributed by atoms with E-state index in [0.29, 0.717) is 17.5 Å². The summed E-state index contributed by atoms with van der Waals surface area (Å²) in [4.78, 5) is 4.09. The lowest BCUT2D eigenvalue weighted by atomic mass is 9.94. The first-order valence-electron chi connectivity index (χ1n) is 5.56. The minimum atomic E-state index is 0. The fraction of sp³-hybridized carbons (Fsp3) is 0.500. The van der Waals surface area contributed by atoms with Crippen LogP contribution in [0.2, 0.25) is 0 Å². The second-order valence-corrected chi connectivity index (χ2v) is 4.15. The first-order chi connectivity index (χ1) is 7.78. The molecule has 1 aromatic heterocycles. The van der Waals surface area contributed by atoms with Crippen molar-refractivity contribution in [3.63, 3.8) is 0 Å². The molecule has 0 aliphatic heterocycles. The lowest BCUT2D eigenvalue weighted by Gasteiger charge is -2.26. The molecule has 1 heterocycles. The highest BCUT2D eigenvalue weighted by Crippen LogP contribution is 2.21. The van der Waals surface area contributed by atoms with E-state index in [4.69, 9.17) is 15.7 Å². The van der Waals surface area contributed by atoms with Crippen molar-refractivity contribution in [2.24, 2.45) is 5.73 Å². The highest BCUT2D eigenvalue weighted by atomic mass is 35.5. The average molecular weight is 254 g/mol. The first kappa shape index (κ1) is 13.8. The summed E-state index contributed by atoms with van der Waals surface area (Å²) < 4.78 is 5.73. The molecule has 0 saturated heterocycles. The number of ether oxygens (including phenoxy) is 1. The summed E-state index contributed by atoms with van der Waals surface area (Å²) >= 11 is 0. The Hall–Kier alpha value is -1.31. The first-order valence-corrected chi connectivity index (χ1v) is 5.56. The van der Waals surface area contributed by atoms with Crippen molar-refractivity contribution < 1.29 is 18.6 Å². The Kier molecular flexibility index (Phi) is 5.20. The van der Waals surface area contributed by atoms with Crippen LogP contribution in [0.4, 0.5) is 0 Å². The number of hydrogen-bond donors (Lipinski definition) is 1. The zero-order valence-corrected chi connectivity index (χ0v) is 10.2. The average Bonchev–Trinajstić information content (AvgIpc) is 2.33. The molecule has 2 rings (SSSR count). The van der Waals surface area contributed by atoms with Crippen LogP contribution in [0.1, 0.15) is 32.7 Å². The minimum Gasteiger partial charge on any atom is -1.00 e. The Balaban J connectivity index is 0.00000144. The Labute approximate surface area is 109 Å². The van der Waals surface area contributed by atoms with Gasteiger partial charge in [-0.1, -0.05) is 0 Å². The molecule has 0 spiro atoms. The maximum atomic E-state index is 8.63. The van der Waals surface area contributed by atoms with E-state index in [1.165, 1.54) is 6.20 Å². The van der Waals surface area contributed by atoms with Crippen molar-refractivity contribution in [1.82, 2.24) is 4.98 Å². The Morgan fingerprint density at radius 1 is 1.35 bits per heavy atom. The van der Waals surface area contributed by atoms with Crippen molar-refractivity contribution in [3.8, 4) is 11.9 Å². The summed E-state index contributed by atoms with van der Waals surface area (Å²) in [5.74, 6) is 0.597. The SMILES string of the molecule is N#Cc1ccc(OC2CCC(N)CC2)nc1.[Cl-].[H+]. The number of nitrogens with zero attached hydrogens (tertiary/aromatic N) is 2. The lowest BCUT2D eigenvalue weighted by molar-refractivity contribution is -0.00000485. The van der Waals surface area contributed by atoms with E-state index >= 15 is 0 Å². The number of hydrogen-bond acceptors (Lipinski definition) is 4. The molecule has 0 amide bonds. The highest BCUT2D eigenvalue weighted by molar-refractivity contribution is 5.28. The molecule has 0 atom stereocenters. The van der Waals surface area contributed by atoms with E-state index in [9.17, 15) is 0 Å². The molecule has 1 aliphatic carbocycles. The number of nitriles is 1. The Morgan fingerprint density at radius 2 is 2.06 bits per heavy atom. The van der Waals surface area contributed by atoms with Crippen molar-refractivity contribution in [1.29, 1.82) is 5.26 Å². The molecule has 0 unspecified atom stereocenters. The van der Waals surface area contributed by atoms with Gasteiger partial charge >= 0.3 is 1.43 Å². The van der Waals surface area contributed by atoms with Gasteiger partial charge in [0.1, 0.15) is 12.2 Å². The fourth-order valence-electron chi connectivity index (χ4n) is 1.89. The molecule has 17 heavy (non-hydrogen) atoms. The van der Waals surface area contributed by atoms with E-state index < -0.39 is 0 Å². The largest absolute Gasteiger partial charge is 1.00 e. The molecular weight excluding hydrogens is 238 g/mol. The zero-order valence-electron chi connectivity index (χ0n) is 10.5. The van der Waals surface area contributed by atoms with Gasteiger partial charge in [-0.05, 0) is 31.7 Å². The van der Waals surface area contributed by atoms with Crippen LogP contribution in [0, 0.1) is 11.3 Å². The summed E-state index contributed by atoms with van der Waals surface area (Å²) in [6, 6.07) is 5.82. The van der Waals surface area contributed by atoms with E-state index in [2.05, 4.69) is 4.98 Å². The molecule has 1 aromatic rings. The van der Waals surface area contributed by atoms with Gasteiger partial charge in [0.05, 0.1) is 5.56 Å². The van der Waals surface area contributed by atoms with E-state index in [1.807, 2.05) is 6.07 Å². The molecule has 1 fully saturated rings. The van der Waals surface area contributed by atoms with E-state index in [-0.39, 0.29) is 19.9 Å². The number of pyridine rings is 1. The summed E-state index contributed by atoms with van der Waals surface area (Å²) in [5, 5.41) is 8.63. The van der Waals surface area contributed by atoms with Crippen LogP contribution >= 0.6 is 0 Å². The van der Waals surface area contributed by atoms with Crippen LogP contribution in [0.25, 0.3) is 0 Å². The van der Waals surface area contributed by atoms with Crippen molar-refractivity contribution in [2.75, 3.05) is 0 Å². The number of aromatic nitrogens is 1. The van der Waals surface area contributed by atoms with Crippen LogP contribution in [-0.2, 0) is 0 Å². The van der Waals surface area contributed by atoms with E-state index in [0.717, 1.165) is 25.7 Å². The zero-order chi connectivity index (χ0) is 11.4. The summed E-state index contributed by atoms with van der Waals surface area (Å²) in [5.41, 5.74) is 6.37. The highest BCUT2D eigenvalue weighted by Gasteiger charge is 2.19. The molecule has 5 heteroatoms. The smallest absolute Gasteiger partial charge is 1.00 e.